The van der Waals surface area contributed by atoms with Crippen molar-refractivity contribution in [3.8, 4) is 0 Å². The third-order valence-electron chi connectivity index (χ3n) is 5.94. The molecule has 4 nitrogen and oxygen atoms in total. The van der Waals surface area contributed by atoms with Crippen LogP contribution in [-0.4, -0.2) is 33.6 Å². The molecule has 0 unspecified atom stereocenters. The summed E-state index contributed by atoms with van der Waals surface area (Å²) in [5.74, 6) is -0.0923. The Kier molecular flexibility index (Phi) is 7.66. The number of rotatable bonds is 12. The van der Waals surface area contributed by atoms with Crippen molar-refractivity contribution in [3.05, 3.63) is 0 Å². The lowest BCUT2D eigenvalue weighted by atomic mass is 10.1. The Bertz CT molecular complexity index is 522. The summed E-state index contributed by atoms with van der Waals surface area (Å²) in [6, 6.07) is 0. The lowest BCUT2D eigenvalue weighted by Crippen LogP contribution is -2.33. The average molecular weight is 460 g/mol. The molecule has 0 bridgehead atoms. The van der Waals surface area contributed by atoms with E-state index in [1.165, 1.54) is 0 Å². The third kappa shape index (κ3) is 5.58. The molecule has 0 heterocycles. The summed E-state index contributed by atoms with van der Waals surface area (Å²) in [5.41, 5.74) is -1.25. The topological polar surface area (TPSA) is 58.2 Å². The second kappa shape index (κ2) is 8.85. The summed E-state index contributed by atoms with van der Waals surface area (Å²) in [7, 11) is 0. The van der Waals surface area contributed by atoms with Gasteiger partial charge in [0.25, 0.3) is 0 Å². The molecule has 0 spiro atoms. The molecule has 27 heavy (non-hydrogen) atoms. The van der Waals surface area contributed by atoms with E-state index in [0.29, 0.717) is 25.9 Å². The Morgan fingerprint density at radius 2 is 0.926 bits per heavy atom. The van der Waals surface area contributed by atoms with E-state index in [1.54, 1.807) is 13.8 Å². The zero-order valence-corrected chi connectivity index (χ0v) is 19.1. The van der Waals surface area contributed by atoms with Crippen molar-refractivity contribution in [3.63, 3.8) is 0 Å². The van der Waals surface area contributed by atoms with E-state index in [2.05, 4.69) is 10.6 Å². The molecule has 0 radical (unpaired) electrons. The summed E-state index contributed by atoms with van der Waals surface area (Å²) in [4.78, 5) is 24.0. The monoisotopic (exact) mass is 458 g/mol. The number of alkyl halides is 4. The number of hydrogen-bond acceptors (Lipinski definition) is 2. The van der Waals surface area contributed by atoms with Gasteiger partial charge in [-0.3, -0.25) is 9.59 Å². The first-order valence-electron chi connectivity index (χ1n) is 9.79. The number of halogens is 4. The fourth-order valence-corrected chi connectivity index (χ4v) is 4.63. The average Bonchev–Trinajstić information content (AvgIpc) is 3.31. The van der Waals surface area contributed by atoms with Gasteiger partial charge >= 0.3 is 0 Å². The largest absolute Gasteiger partial charge is 0.356 e. The van der Waals surface area contributed by atoms with Gasteiger partial charge in [0, 0.05) is 13.1 Å². The van der Waals surface area contributed by atoms with Gasteiger partial charge in [0.15, 0.2) is 0 Å². The van der Waals surface area contributed by atoms with Crippen LogP contribution in [-0.2, 0) is 9.59 Å². The zero-order valence-electron chi connectivity index (χ0n) is 16.1. The summed E-state index contributed by atoms with van der Waals surface area (Å²) in [5, 5.41) is 5.85. The smallest absolute Gasteiger partial charge is 0.229 e. The van der Waals surface area contributed by atoms with E-state index in [0.717, 1.165) is 44.9 Å². The van der Waals surface area contributed by atoms with Crippen LogP contribution >= 0.6 is 46.4 Å². The molecule has 2 N–H and O–H groups in total. The molecular weight excluding hydrogens is 430 g/mol. The van der Waals surface area contributed by atoms with Crippen molar-refractivity contribution < 1.29 is 9.59 Å². The fourth-order valence-electron chi connectivity index (χ4n) is 3.22. The minimum absolute atomic E-state index is 0.0461. The molecule has 2 amide bonds. The van der Waals surface area contributed by atoms with Crippen LogP contribution in [0, 0.1) is 10.8 Å². The molecule has 2 saturated carbocycles. The maximum Gasteiger partial charge on any atom is 0.229 e. The number of nitrogens with one attached hydrogen (secondary N) is 2. The van der Waals surface area contributed by atoms with Crippen molar-refractivity contribution in [1.82, 2.24) is 10.6 Å². The molecule has 2 aliphatic rings. The van der Waals surface area contributed by atoms with E-state index in [1.807, 2.05) is 0 Å². The van der Waals surface area contributed by atoms with E-state index < -0.39 is 19.5 Å². The zero-order chi connectivity index (χ0) is 20.3. The third-order valence-corrected chi connectivity index (χ3v) is 8.15. The van der Waals surface area contributed by atoms with Gasteiger partial charge in [0.1, 0.15) is 8.67 Å². The van der Waals surface area contributed by atoms with Gasteiger partial charge < -0.3 is 10.6 Å². The maximum atomic E-state index is 12.0. The molecule has 0 aromatic carbocycles. The normalized spacial score (nSPS) is 29.9. The van der Waals surface area contributed by atoms with Gasteiger partial charge in [-0.25, -0.2) is 0 Å². The summed E-state index contributed by atoms with van der Waals surface area (Å²) < 4.78 is -1.80. The first-order valence-corrected chi connectivity index (χ1v) is 11.3. The van der Waals surface area contributed by atoms with Crippen LogP contribution in [0.5, 0.6) is 0 Å². The quantitative estimate of drug-likeness (QED) is 0.314. The van der Waals surface area contributed by atoms with Crippen LogP contribution < -0.4 is 10.6 Å². The van der Waals surface area contributed by atoms with E-state index >= 15 is 0 Å². The Morgan fingerprint density at radius 3 is 1.19 bits per heavy atom. The Labute approximate surface area is 182 Å². The highest BCUT2D eigenvalue weighted by Crippen LogP contribution is 2.64. The van der Waals surface area contributed by atoms with Crippen molar-refractivity contribution in [2.24, 2.45) is 10.8 Å². The molecule has 156 valence electrons. The molecule has 2 aliphatic carbocycles. The van der Waals surface area contributed by atoms with Gasteiger partial charge in [-0.15, -0.1) is 46.4 Å². The maximum absolute atomic E-state index is 12.0. The highest BCUT2D eigenvalue weighted by atomic mass is 35.5. The second-order valence-corrected chi connectivity index (χ2v) is 11.4. The minimum atomic E-state index is -0.899. The molecule has 0 aromatic rings. The second-order valence-electron chi connectivity index (χ2n) is 8.41. The molecule has 2 fully saturated rings. The lowest BCUT2D eigenvalue weighted by Gasteiger charge is -2.12. The minimum Gasteiger partial charge on any atom is -0.356 e. The Morgan fingerprint density at radius 1 is 0.667 bits per heavy atom. The molecule has 2 atom stereocenters. The predicted octanol–water partition coefficient (Wildman–Crippen LogP) is 5.12. The van der Waals surface area contributed by atoms with E-state index in [9.17, 15) is 9.59 Å². The van der Waals surface area contributed by atoms with Gasteiger partial charge in [0.2, 0.25) is 11.8 Å². The van der Waals surface area contributed by atoms with Crippen molar-refractivity contribution in [2.75, 3.05) is 13.1 Å². The van der Waals surface area contributed by atoms with Gasteiger partial charge in [-0.1, -0.05) is 32.1 Å². The number of amides is 2. The fraction of sp³-hybridized carbons (Fsp3) is 0.895. The van der Waals surface area contributed by atoms with Gasteiger partial charge in [-0.2, -0.15) is 0 Å². The highest BCUT2D eigenvalue weighted by Gasteiger charge is 2.68. The predicted molar refractivity (Wildman–Crippen MR) is 113 cm³/mol. The first-order chi connectivity index (χ1) is 12.5. The van der Waals surface area contributed by atoms with Crippen LogP contribution in [0.2, 0.25) is 0 Å². The molecule has 0 saturated heterocycles. The first kappa shape index (κ1) is 23.4. The van der Waals surface area contributed by atoms with Crippen LogP contribution in [0.1, 0.15) is 71.6 Å². The lowest BCUT2D eigenvalue weighted by molar-refractivity contribution is -0.126. The highest BCUT2D eigenvalue weighted by molar-refractivity contribution is 6.53. The SMILES string of the molecule is C[C@@]1(C(=O)NCCCCCCCCCNC(=O)[C@]2(C)CC2(Cl)Cl)CC1(Cl)Cl. The van der Waals surface area contributed by atoms with Crippen molar-refractivity contribution >= 4 is 58.2 Å². The summed E-state index contributed by atoms with van der Waals surface area (Å²) in [6.45, 7) is 4.95. The Balaban J connectivity index is 1.37. The molecule has 2 rings (SSSR count). The molecule has 8 heteroatoms. The summed E-state index contributed by atoms with van der Waals surface area (Å²) >= 11 is 24.0. The van der Waals surface area contributed by atoms with E-state index in [-0.39, 0.29) is 11.8 Å². The van der Waals surface area contributed by atoms with Crippen LogP contribution in [0.15, 0.2) is 0 Å². The number of carbonyl (C=O) groups is 2. The van der Waals surface area contributed by atoms with Crippen LogP contribution in [0.3, 0.4) is 0 Å². The van der Waals surface area contributed by atoms with Crippen LogP contribution in [0.25, 0.3) is 0 Å². The molecule has 0 aromatic heterocycles. The van der Waals surface area contributed by atoms with Gasteiger partial charge in [-0.05, 0) is 39.5 Å². The van der Waals surface area contributed by atoms with Crippen molar-refractivity contribution in [2.45, 2.75) is 80.3 Å². The standard InChI is InChI=1S/C19H30Cl4N2O2/c1-16(12-18(16,20)21)14(26)24-10-8-6-4-3-5-7-9-11-25-15(27)17(2)13-19(17,22)23/h3-13H2,1-2H3,(H,24,26)(H,25,27)/t16-,17-/m0/s1. The number of carbonyl (C=O) groups excluding carboxylic acids is 2. The number of hydrogen-bond donors (Lipinski definition) is 2. The molecular formula is C19H30Cl4N2O2. The van der Waals surface area contributed by atoms with E-state index in [4.69, 9.17) is 46.4 Å². The molecule has 0 aliphatic heterocycles. The van der Waals surface area contributed by atoms with Crippen LogP contribution in [0.4, 0.5) is 0 Å². The summed E-state index contributed by atoms with van der Waals surface area (Å²) in [6.07, 6.45) is 8.61. The number of unbranched alkanes of at least 4 members (excludes halogenated alkanes) is 6. The van der Waals surface area contributed by atoms with Crippen molar-refractivity contribution in [1.29, 1.82) is 0 Å². The van der Waals surface area contributed by atoms with Gasteiger partial charge in [0.05, 0.1) is 10.8 Å². The Hall–Kier alpha value is 0.1000.